The summed E-state index contributed by atoms with van der Waals surface area (Å²) in [5.74, 6) is -1.38. The van der Waals surface area contributed by atoms with Crippen molar-refractivity contribution in [3.8, 4) is 0 Å². The van der Waals surface area contributed by atoms with E-state index < -0.39 is 36.0 Å². The van der Waals surface area contributed by atoms with E-state index in [9.17, 15) is 19.2 Å². The predicted octanol–water partition coefficient (Wildman–Crippen LogP) is 1.12. The van der Waals surface area contributed by atoms with Crippen LogP contribution in [-0.2, 0) is 15.1 Å². The van der Waals surface area contributed by atoms with Crippen LogP contribution in [0.15, 0.2) is 36.9 Å². The summed E-state index contributed by atoms with van der Waals surface area (Å²) >= 11 is 5.83. The molecule has 1 aliphatic heterocycles. The maximum atomic E-state index is 12.6. The molecule has 132 valence electrons. The Morgan fingerprint density at radius 2 is 1.96 bits per heavy atom. The second-order valence-electron chi connectivity index (χ2n) is 5.50. The summed E-state index contributed by atoms with van der Waals surface area (Å²) in [5.41, 5.74) is -0.783. The van der Waals surface area contributed by atoms with Crippen molar-refractivity contribution in [2.45, 2.75) is 12.5 Å². The van der Waals surface area contributed by atoms with Crippen LogP contribution in [0.5, 0.6) is 0 Å². The Kier molecular flexibility index (Phi) is 5.43. The van der Waals surface area contributed by atoms with Crippen LogP contribution in [0.2, 0.25) is 5.02 Å². The minimum atomic E-state index is -1.31. The lowest BCUT2D eigenvalue weighted by Crippen LogP contribution is -2.46. The Bertz CT molecular complexity index is 734. The first-order valence-corrected chi connectivity index (χ1v) is 7.74. The zero-order valence-corrected chi connectivity index (χ0v) is 14.2. The third-order valence-corrected chi connectivity index (χ3v) is 3.91. The van der Waals surface area contributed by atoms with Crippen molar-refractivity contribution in [2.24, 2.45) is 0 Å². The summed E-state index contributed by atoms with van der Waals surface area (Å²) in [5, 5.41) is 7.43. The van der Waals surface area contributed by atoms with Crippen molar-refractivity contribution in [1.29, 1.82) is 0 Å². The fourth-order valence-corrected chi connectivity index (χ4v) is 2.46. The van der Waals surface area contributed by atoms with Crippen molar-refractivity contribution in [3.05, 3.63) is 47.5 Å². The van der Waals surface area contributed by atoms with E-state index >= 15 is 0 Å². The molecule has 3 N–H and O–H groups in total. The summed E-state index contributed by atoms with van der Waals surface area (Å²) < 4.78 is 0. The van der Waals surface area contributed by atoms with Crippen LogP contribution in [0.3, 0.4) is 0 Å². The smallest absolute Gasteiger partial charge is 0.325 e. The molecule has 0 radical (unpaired) electrons. The van der Waals surface area contributed by atoms with Crippen LogP contribution in [0.4, 0.5) is 9.59 Å². The number of imide groups is 2. The van der Waals surface area contributed by atoms with E-state index in [1.807, 2.05) is 5.32 Å². The Hall–Kier alpha value is -2.87. The zero-order chi connectivity index (χ0) is 18.6. The molecule has 0 aliphatic carbocycles. The fourth-order valence-electron chi connectivity index (χ4n) is 2.34. The largest absolute Gasteiger partial charge is 0.334 e. The van der Waals surface area contributed by atoms with Crippen LogP contribution in [0.1, 0.15) is 12.5 Å². The number of halogens is 1. The van der Waals surface area contributed by atoms with Gasteiger partial charge in [-0.15, -0.1) is 6.58 Å². The molecule has 1 aromatic rings. The topological polar surface area (TPSA) is 108 Å². The van der Waals surface area contributed by atoms with Crippen molar-refractivity contribution in [3.63, 3.8) is 0 Å². The van der Waals surface area contributed by atoms with Gasteiger partial charge in [0.25, 0.3) is 5.91 Å². The number of amides is 6. The van der Waals surface area contributed by atoms with Gasteiger partial charge in [-0.1, -0.05) is 29.8 Å². The molecule has 1 atom stereocenters. The Morgan fingerprint density at radius 1 is 1.32 bits per heavy atom. The summed E-state index contributed by atoms with van der Waals surface area (Å²) in [7, 11) is 0. The van der Waals surface area contributed by atoms with Crippen LogP contribution in [-0.4, -0.2) is 41.9 Å². The minimum absolute atomic E-state index is 0.177. The van der Waals surface area contributed by atoms with Gasteiger partial charge in [-0.2, -0.15) is 0 Å². The summed E-state index contributed by atoms with van der Waals surface area (Å²) in [6.45, 7) is 4.56. The van der Waals surface area contributed by atoms with Gasteiger partial charge in [-0.3, -0.25) is 19.8 Å². The Labute approximate surface area is 149 Å². The molecular weight excluding hydrogens is 348 g/mol. The second kappa shape index (κ2) is 7.35. The molecule has 0 unspecified atom stereocenters. The molecule has 8 nitrogen and oxygen atoms in total. The van der Waals surface area contributed by atoms with Gasteiger partial charge >= 0.3 is 12.1 Å². The molecule has 0 saturated carbocycles. The summed E-state index contributed by atoms with van der Waals surface area (Å²) in [6, 6.07) is 4.98. The maximum Gasteiger partial charge on any atom is 0.325 e. The molecule has 25 heavy (non-hydrogen) atoms. The lowest BCUT2D eigenvalue weighted by Gasteiger charge is -2.22. The third-order valence-electron chi connectivity index (χ3n) is 3.66. The molecular formula is C16H17ClN4O4. The van der Waals surface area contributed by atoms with Gasteiger partial charge in [-0.25, -0.2) is 9.59 Å². The average molecular weight is 365 g/mol. The predicted molar refractivity (Wildman–Crippen MR) is 90.8 cm³/mol. The first-order chi connectivity index (χ1) is 11.8. The molecule has 0 bridgehead atoms. The first-order valence-electron chi connectivity index (χ1n) is 7.36. The normalized spacial score (nSPS) is 19.4. The minimum Gasteiger partial charge on any atom is -0.334 e. The van der Waals surface area contributed by atoms with Gasteiger partial charge in [0.2, 0.25) is 5.91 Å². The fraction of sp³-hybridized carbons (Fsp3) is 0.250. The highest BCUT2D eigenvalue weighted by Gasteiger charge is 2.49. The van der Waals surface area contributed by atoms with Gasteiger partial charge in [0.15, 0.2) is 0 Å². The molecule has 1 aliphatic rings. The molecule has 1 saturated heterocycles. The van der Waals surface area contributed by atoms with E-state index in [0.29, 0.717) is 10.6 Å². The van der Waals surface area contributed by atoms with E-state index in [-0.39, 0.29) is 6.54 Å². The van der Waals surface area contributed by atoms with E-state index in [4.69, 9.17) is 11.6 Å². The molecule has 0 spiro atoms. The Morgan fingerprint density at radius 3 is 2.56 bits per heavy atom. The van der Waals surface area contributed by atoms with Crippen molar-refractivity contribution in [2.75, 3.05) is 13.1 Å². The quantitative estimate of drug-likeness (QED) is 0.537. The highest BCUT2D eigenvalue weighted by Crippen LogP contribution is 2.29. The molecule has 9 heteroatoms. The zero-order valence-electron chi connectivity index (χ0n) is 13.5. The van der Waals surface area contributed by atoms with E-state index in [1.54, 1.807) is 24.3 Å². The van der Waals surface area contributed by atoms with Crippen LogP contribution >= 0.6 is 11.6 Å². The third kappa shape index (κ3) is 3.97. The SMILES string of the molecule is C=CCNC(=O)NC(=O)CN1C(=O)N[C@](C)(c2ccc(Cl)cc2)C1=O. The highest BCUT2D eigenvalue weighted by molar-refractivity contribution is 6.30. The number of nitrogens with zero attached hydrogens (tertiary/aromatic N) is 1. The van der Waals surface area contributed by atoms with Gasteiger partial charge in [0, 0.05) is 11.6 Å². The summed E-state index contributed by atoms with van der Waals surface area (Å²) in [4.78, 5) is 48.8. The number of urea groups is 2. The molecule has 2 rings (SSSR count). The number of carbonyl (C=O) groups excluding carboxylic acids is 4. The van der Waals surface area contributed by atoms with Crippen LogP contribution in [0.25, 0.3) is 0 Å². The molecule has 1 aromatic carbocycles. The van der Waals surface area contributed by atoms with E-state index in [1.165, 1.54) is 13.0 Å². The number of carbonyl (C=O) groups is 4. The lowest BCUT2D eigenvalue weighted by atomic mass is 9.92. The maximum absolute atomic E-state index is 12.6. The molecule has 1 fully saturated rings. The number of rotatable bonds is 5. The van der Waals surface area contributed by atoms with Gasteiger partial charge in [-0.05, 0) is 24.6 Å². The van der Waals surface area contributed by atoms with Gasteiger partial charge in [0.05, 0.1) is 0 Å². The van der Waals surface area contributed by atoms with Gasteiger partial charge in [0.1, 0.15) is 12.1 Å². The number of benzene rings is 1. The standard InChI is InChI=1S/C16H17ClN4O4/c1-3-8-18-14(24)19-12(22)9-21-13(23)16(2,20-15(21)25)10-4-6-11(17)7-5-10/h3-7H,1,8-9H2,2H3,(H,20,25)(H2,18,19,22,24)/t16-/m1/s1. The molecule has 0 aromatic heterocycles. The van der Waals surface area contributed by atoms with Crippen LogP contribution < -0.4 is 16.0 Å². The number of hydrogen-bond acceptors (Lipinski definition) is 4. The van der Waals surface area contributed by atoms with Crippen molar-refractivity contribution in [1.82, 2.24) is 20.9 Å². The average Bonchev–Trinajstić information content (AvgIpc) is 2.77. The van der Waals surface area contributed by atoms with Crippen molar-refractivity contribution >= 4 is 35.5 Å². The van der Waals surface area contributed by atoms with Gasteiger partial charge < -0.3 is 10.6 Å². The molecule has 1 heterocycles. The summed E-state index contributed by atoms with van der Waals surface area (Å²) in [6.07, 6.45) is 1.44. The number of nitrogens with one attached hydrogen (secondary N) is 3. The second-order valence-corrected chi connectivity index (χ2v) is 5.94. The monoisotopic (exact) mass is 364 g/mol. The highest BCUT2D eigenvalue weighted by atomic mass is 35.5. The number of hydrogen-bond donors (Lipinski definition) is 3. The first kappa shape index (κ1) is 18.5. The molecule has 6 amide bonds. The van der Waals surface area contributed by atoms with E-state index in [2.05, 4.69) is 17.2 Å². The van der Waals surface area contributed by atoms with Crippen LogP contribution in [0, 0.1) is 0 Å². The van der Waals surface area contributed by atoms with E-state index in [0.717, 1.165) is 4.90 Å². The Balaban J connectivity index is 2.08. The van der Waals surface area contributed by atoms with Crippen molar-refractivity contribution < 1.29 is 19.2 Å². The lowest BCUT2D eigenvalue weighted by molar-refractivity contribution is -0.134.